The molecule has 1 amide bonds. The Labute approximate surface area is 93.9 Å². The molecule has 0 aromatic heterocycles. The lowest BCUT2D eigenvalue weighted by Gasteiger charge is -2.21. The van der Waals surface area contributed by atoms with Gasteiger partial charge in [-0.05, 0) is 19.3 Å². The molecule has 0 atom stereocenters. The third kappa shape index (κ3) is 3.96. The van der Waals surface area contributed by atoms with E-state index >= 15 is 0 Å². The average Bonchev–Trinajstić information content (AvgIpc) is 2.98. The molecule has 0 spiro atoms. The second kappa shape index (κ2) is 6.40. The molecule has 14 heavy (non-hydrogen) atoms. The van der Waals surface area contributed by atoms with E-state index in [0.29, 0.717) is 12.6 Å². The summed E-state index contributed by atoms with van der Waals surface area (Å²) in [5, 5.41) is 0.850. The summed E-state index contributed by atoms with van der Waals surface area (Å²) in [5.41, 5.74) is 0. The van der Waals surface area contributed by atoms with Crippen LogP contribution in [-0.4, -0.2) is 41.9 Å². The molecule has 1 saturated carbocycles. The first-order chi connectivity index (χ1) is 6.79. The summed E-state index contributed by atoms with van der Waals surface area (Å²) in [5.74, 6) is 0.139. The quantitative estimate of drug-likeness (QED) is 0.518. The smallest absolute Gasteiger partial charge is 0.248 e. The van der Waals surface area contributed by atoms with Crippen molar-refractivity contribution in [3.05, 3.63) is 0 Å². The molecule has 1 fully saturated rings. The van der Waals surface area contributed by atoms with Crippen LogP contribution in [0.4, 0.5) is 0 Å². The predicted octanol–water partition coefficient (Wildman–Crippen LogP) is 1.80. The van der Waals surface area contributed by atoms with Crippen LogP contribution < -0.4 is 0 Å². The van der Waals surface area contributed by atoms with E-state index in [2.05, 4.69) is 15.9 Å². The Hall–Kier alpha value is -0.0900. The normalized spacial score (nSPS) is 15.6. The Morgan fingerprint density at radius 2 is 2.29 bits per heavy atom. The highest BCUT2D eigenvalue weighted by atomic mass is 79.9. The summed E-state index contributed by atoms with van der Waals surface area (Å²) >= 11 is 3.36. The van der Waals surface area contributed by atoms with Gasteiger partial charge in [0.1, 0.15) is 6.61 Å². The highest BCUT2D eigenvalue weighted by Crippen LogP contribution is 2.26. The molecule has 0 aromatic carbocycles. The lowest BCUT2D eigenvalue weighted by molar-refractivity contribution is -0.136. The van der Waals surface area contributed by atoms with Gasteiger partial charge in [-0.1, -0.05) is 22.9 Å². The van der Waals surface area contributed by atoms with Crippen LogP contribution in [0.25, 0.3) is 0 Å². The number of alkyl halides is 1. The lowest BCUT2D eigenvalue weighted by atomic mass is 10.4. The Morgan fingerprint density at radius 1 is 1.57 bits per heavy atom. The zero-order valence-corrected chi connectivity index (χ0v) is 10.3. The molecule has 3 nitrogen and oxygen atoms in total. The summed E-state index contributed by atoms with van der Waals surface area (Å²) in [6.45, 7) is 3.77. The molecular weight excluding hydrogens is 246 g/mol. The Kier molecular flexibility index (Phi) is 5.48. The molecule has 0 N–H and O–H groups in total. The molecule has 1 aliphatic carbocycles. The SMILES string of the molecule is CCCOCC(=O)N(CCBr)C1CC1. The average molecular weight is 264 g/mol. The molecule has 0 saturated heterocycles. The third-order valence-corrected chi connectivity index (χ3v) is 2.56. The van der Waals surface area contributed by atoms with E-state index in [4.69, 9.17) is 4.74 Å². The molecule has 0 unspecified atom stereocenters. The van der Waals surface area contributed by atoms with Gasteiger partial charge in [0.05, 0.1) is 0 Å². The first-order valence-electron chi connectivity index (χ1n) is 5.22. The van der Waals surface area contributed by atoms with Crippen LogP contribution in [0.3, 0.4) is 0 Å². The van der Waals surface area contributed by atoms with Crippen molar-refractivity contribution in [1.29, 1.82) is 0 Å². The second-order valence-corrected chi connectivity index (χ2v) is 4.35. The number of rotatable bonds is 7. The van der Waals surface area contributed by atoms with E-state index in [1.54, 1.807) is 0 Å². The molecule has 82 valence electrons. The third-order valence-electron chi connectivity index (χ3n) is 2.21. The standard InChI is InChI=1S/C10H18BrNO2/c1-2-7-14-8-10(13)12(6-5-11)9-3-4-9/h9H,2-8H2,1H3. The summed E-state index contributed by atoms with van der Waals surface area (Å²) < 4.78 is 5.24. The maximum Gasteiger partial charge on any atom is 0.248 e. The maximum atomic E-state index is 11.7. The molecule has 4 heteroatoms. The molecule has 0 aromatic rings. The monoisotopic (exact) mass is 263 g/mol. The molecule has 1 rings (SSSR count). The van der Waals surface area contributed by atoms with Gasteiger partial charge < -0.3 is 9.64 Å². The first-order valence-corrected chi connectivity index (χ1v) is 6.35. The van der Waals surface area contributed by atoms with E-state index in [1.165, 1.54) is 0 Å². The van der Waals surface area contributed by atoms with E-state index in [1.807, 2.05) is 11.8 Å². The Morgan fingerprint density at radius 3 is 2.79 bits per heavy atom. The van der Waals surface area contributed by atoms with Crippen LogP contribution in [0.5, 0.6) is 0 Å². The summed E-state index contributed by atoms with van der Waals surface area (Å²) in [4.78, 5) is 13.6. The summed E-state index contributed by atoms with van der Waals surface area (Å²) in [6, 6.07) is 0.491. The van der Waals surface area contributed by atoms with Crippen LogP contribution in [0.15, 0.2) is 0 Å². The zero-order valence-electron chi connectivity index (χ0n) is 8.67. The first kappa shape index (κ1) is 12.0. The van der Waals surface area contributed by atoms with Gasteiger partial charge in [-0.2, -0.15) is 0 Å². The lowest BCUT2D eigenvalue weighted by Crippen LogP contribution is -2.37. The largest absolute Gasteiger partial charge is 0.372 e. The number of amides is 1. The van der Waals surface area contributed by atoms with Crippen molar-refractivity contribution >= 4 is 21.8 Å². The van der Waals surface area contributed by atoms with Crippen molar-refractivity contribution in [3.63, 3.8) is 0 Å². The maximum absolute atomic E-state index is 11.7. The van der Waals surface area contributed by atoms with E-state index < -0.39 is 0 Å². The van der Waals surface area contributed by atoms with Crippen molar-refractivity contribution in [2.45, 2.75) is 32.2 Å². The van der Waals surface area contributed by atoms with Crippen molar-refractivity contribution < 1.29 is 9.53 Å². The van der Waals surface area contributed by atoms with Gasteiger partial charge in [-0.25, -0.2) is 0 Å². The molecule has 0 radical (unpaired) electrons. The van der Waals surface area contributed by atoms with Crippen molar-refractivity contribution in [2.24, 2.45) is 0 Å². The van der Waals surface area contributed by atoms with Crippen molar-refractivity contribution in [2.75, 3.05) is 25.1 Å². The van der Waals surface area contributed by atoms with Gasteiger partial charge in [0.2, 0.25) is 5.91 Å². The number of carbonyl (C=O) groups is 1. The van der Waals surface area contributed by atoms with Gasteiger partial charge in [0.15, 0.2) is 0 Å². The fraction of sp³-hybridized carbons (Fsp3) is 0.900. The minimum Gasteiger partial charge on any atom is -0.372 e. The number of halogens is 1. The van der Waals surface area contributed by atoms with Gasteiger partial charge in [-0.15, -0.1) is 0 Å². The fourth-order valence-electron chi connectivity index (χ4n) is 1.37. The van der Waals surface area contributed by atoms with Gasteiger partial charge in [0.25, 0.3) is 0 Å². The van der Waals surface area contributed by atoms with Gasteiger partial charge in [0, 0.05) is 24.5 Å². The highest BCUT2D eigenvalue weighted by molar-refractivity contribution is 9.09. The topological polar surface area (TPSA) is 29.5 Å². The Bertz CT molecular complexity index is 183. The number of carbonyl (C=O) groups excluding carboxylic acids is 1. The molecule has 0 aliphatic heterocycles. The molecular formula is C10H18BrNO2. The zero-order chi connectivity index (χ0) is 10.4. The predicted molar refractivity (Wildman–Crippen MR) is 59.6 cm³/mol. The van der Waals surface area contributed by atoms with Crippen molar-refractivity contribution in [3.8, 4) is 0 Å². The number of nitrogens with zero attached hydrogens (tertiary/aromatic N) is 1. The number of hydrogen-bond donors (Lipinski definition) is 0. The van der Waals surface area contributed by atoms with Gasteiger partial charge >= 0.3 is 0 Å². The molecule has 0 heterocycles. The van der Waals surface area contributed by atoms with Crippen LogP contribution in [0.2, 0.25) is 0 Å². The van der Waals surface area contributed by atoms with Crippen LogP contribution in [0, 0.1) is 0 Å². The second-order valence-electron chi connectivity index (χ2n) is 3.56. The molecule has 1 aliphatic rings. The van der Waals surface area contributed by atoms with E-state index in [9.17, 15) is 4.79 Å². The van der Waals surface area contributed by atoms with Crippen LogP contribution >= 0.6 is 15.9 Å². The van der Waals surface area contributed by atoms with Crippen molar-refractivity contribution in [1.82, 2.24) is 4.90 Å². The van der Waals surface area contributed by atoms with Crippen LogP contribution in [-0.2, 0) is 9.53 Å². The number of ether oxygens (including phenoxy) is 1. The minimum absolute atomic E-state index is 0.139. The Balaban J connectivity index is 2.23. The number of hydrogen-bond acceptors (Lipinski definition) is 2. The molecule has 0 bridgehead atoms. The van der Waals surface area contributed by atoms with E-state index in [0.717, 1.165) is 31.1 Å². The minimum atomic E-state index is 0.139. The van der Waals surface area contributed by atoms with Gasteiger partial charge in [-0.3, -0.25) is 4.79 Å². The highest BCUT2D eigenvalue weighted by Gasteiger charge is 2.31. The van der Waals surface area contributed by atoms with Crippen LogP contribution in [0.1, 0.15) is 26.2 Å². The summed E-state index contributed by atoms with van der Waals surface area (Å²) in [6.07, 6.45) is 3.29. The van der Waals surface area contributed by atoms with E-state index in [-0.39, 0.29) is 12.5 Å². The fourth-order valence-corrected chi connectivity index (χ4v) is 1.76. The summed E-state index contributed by atoms with van der Waals surface area (Å²) in [7, 11) is 0.